The number of hydrogen-bond donors (Lipinski definition) is 0. The predicted octanol–water partition coefficient (Wildman–Crippen LogP) is 19.7. The van der Waals surface area contributed by atoms with Crippen molar-refractivity contribution in [2.75, 3.05) is 4.90 Å². The maximum atomic E-state index is 6.48. The first-order valence-electron chi connectivity index (χ1n) is 27.0. The van der Waals surface area contributed by atoms with Crippen molar-refractivity contribution in [3.8, 4) is 78.7 Å². The third kappa shape index (κ3) is 8.40. The molecule has 6 nitrogen and oxygen atoms in total. The highest BCUT2D eigenvalue weighted by molar-refractivity contribution is 6.06. The zero-order valence-electron chi connectivity index (χ0n) is 43.4. The molecule has 0 aliphatic heterocycles. The van der Waals surface area contributed by atoms with Crippen LogP contribution in [0.5, 0.6) is 0 Å². The molecule has 0 amide bonds. The van der Waals surface area contributed by atoms with E-state index in [-0.39, 0.29) is 0 Å². The van der Waals surface area contributed by atoms with Crippen LogP contribution in [0.4, 0.5) is 17.1 Å². The molecule has 0 saturated carbocycles. The summed E-state index contributed by atoms with van der Waals surface area (Å²) >= 11 is 0. The molecule has 0 atom stereocenters. The van der Waals surface area contributed by atoms with Crippen LogP contribution in [0, 0.1) is 0 Å². The van der Waals surface area contributed by atoms with Gasteiger partial charge >= 0.3 is 0 Å². The molecule has 80 heavy (non-hydrogen) atoms. The molecular formula is C74H49N5O. The van der Waals surface area contributed by atoms with Gasteiger partial charge in [0.25, 0.3) is 0 Å². The van der Waals surface area contributed by atoms with Crippen LogP contribution in [0.1, 0.15) is 0 Å². The van der Waals surface area contributed by atoms with Crippen molar-refractivity contribution in [1.29, 1.82) is 0 Å². The smallest absolute Gasteiger partial charge is 0.145 e. The second kappa shape index (κ2) is 19.6. The van der Waals surface area contributed by atoms with E-state index >= 15 is 0 Å². The van der Waals surface area contributed by atoms with Gasteiger partial charge in [-0.1, -0.05) is 188 Å². The molecule has 3 heterocycles. The molecule has 376 valence electrons. The van der Waals surface area contributed by atoms with Gasteiger partial charge in [0, 0.05) is 56.4 Å². The second-order valence-electron chi connectivity index (χ2n) is 20.2. The lowest BCUT2D eigenvalue weighted by molar-refractivity contribution is 0.669. The summed E-state index contributed by atoms with van der Waals surface area (Å²) in [4.78, 5) is 12.6. The SMILES string of the molecule is c1ccc(-c2nc3ccc(-c4cccc(-c5ccc(N(c6ccc(-c7cccc(-c8ccc9nc(-c%10ccccc%10)n(-c%10ccccc%10)c9c8)c7)cc6)c6ccc7c(c6)oc6ccccc67)cc5)c4)cc3n2-c2ccccc2)cc1. The van der Waals surface area contributed by atoms with Crippen LogP contribution in [0.2, 0.25) is 0 Å². The Labute approximate surface area is 463 Å². The number of benzene rings is 12. The Morgan fingerprint density at radius 1 is 0.263 bits per heavy atom. The first kappa shape index (κ1) is 46.5. The topological polar surface area (TPSA) is 52.0 Å². The molecule has 0 unspecified atom stereocenters. The summed E-state index contributed by atoms with van der Waals surface area (Å²) in [6.07, 6.45) is 0. The van der Waals surface area contributed by atoms with E-state index in [0.717, 1.165) is 140 Å². The van der Waals surface area contributed by atoms with E-state index in [9.17, 15) is 0 Å². The number of imidazole rings is 2. The maximum absolute atomic E-state index is 6.48. The third-order valence-electron chi connectivity index (χ3n) is 15.3. The number of nitrogens with zero attached hydrogens (tertiary/aromatic N) is 5. The lowest BCUT2D eigenvalue weighted by atomic mass is 9.98. The van der Waals surface area contributed by atoms with Gasteiger partial charge in [-0.25, -0.2) is 9.97 Å². The molecule has 0 saturated heterocycles. The minimum Gasteiger partial charge on any atom is -0.456 e. The number of hydrogen-bond acceptors (Lipinski definition) is 4. The van der Waals surface area contributed by atoms with Gasteiger partial charge in [-0.3, -0.25) is 9.13 Å². The summed E-state index contributed by atoms with van der Waals surface area (Å²) in [7, 11) is 0. The number of aromatic nitrogens is 4. The Morgan fingerprint density at radius 2 is 0.637 bits per heavy atom. The number of para-hydroxylation sites is 3. The molecule has 12 aromatic carbocycles. The maximum Gasteiger partial charge on any atom is 0.145 e. The minimum absolute atomic E-state index is 0.846. The normalized spacial score (nSPS) is 11.5. The van der Waals surface area contributed by atoms with Crippen LogP contribution in [0.3, 0.4) is 0 Å². The van der Waals surface area contributed by atoms with Gasteiger partial charge in [0.15, 0.2) is 0 Å². The van der Waals surface area contributed by atoms with Crippen LogP contribution in [-0.4, -0.2) is 19.1 Å². The summed E-state index contributed by atoms with van der Waals surface area (Å²) in [5.74, 6) is 1.84. The molecule has 0 aliphatic rings. The van der Waals surface area contributed by atoms with E-state index in [1.165, 1.54) is 0 Å². The largest absolute Gasteiger partial charge is 0.456 e. The molecule has 15 rings (SSSR count). The zero-order valence-corrected chi connectivity index (χ0v) is 43.4. The standard InChI is InChI=1S/C74H49N5O/c1-5-17-52(18-6-1)73-75-67-43-35-58(47-69(67)78(73)60-25-9-3-10-26-60)56-23-15-21-54(45-56)50-31-37-62(38-32-50)77(64-41-42-66-65-29-13-14-30-71(65)80-72(66)49-64)63-39-33-51(34-40-63)55-22-16-24-57(46-55)59-36-44-68-70(48-59)79(61-27-11-4-12-28-61)74(76-68)53-19-7-2-8-20-53/h1-49H. The molecule has 6 heteroatoms. The monoisotopic (exact) mass is 1020 g/mol. The highest BCUT2D eigenvalue weighted by Gasteiger charge is 2.20. The van der Waals surface area contributed by atoms with E-state index in [4.69, 9.17) is 14.4 Å². The summed E-state index contributed by atoms with van der Waals surface area (Å²) in [5, 5.41) is 2.20. The van der Waals surface area contributed by atoms with E-state index in [1.807, 2.05) is 24.3 Å². The Morgan fingerprint density at radius 3 is 1.12 bits per heavy atom. The van der Waals surface area contributed by atoms with Crippen molar-refractivity contribution in [3.63, 3.8) is 0 Å². The van der Waals surface area contributed by atoms with Crippen LogP contribution >= 0.6 is 0 Å². The molecule has 0 aliphatic carbocycles. The first-order chi connectivity index (χ1) is 39.6. The Kier molecular flexibility index (Phi) is 11.4. The van der Waals surface area contributed by atoms with E-state index < -0.39 is 0 Å². The van der Waals surface area contributed by atoms with Gasteiger partial charge in [0.05, 0.1) is 22.1 Å². The lowest BCUT2D eigenvalue weighted by Gasteiger charge is -2.26. The zero-order chi connectivity index (χ0) is 52.9. The van der Waals surface area contributed by atoms with Crippen molar-refractivity contribution in [3.05, 3.63) is 297 Å². The van der Waals surface area contributed by atoms with Crippen LogP contribution in [0.15, 0.2) is 302 Å². The fourth-order valence-corrected chi connectivity index (χ4v) is 11.4. The summed E-state index contributed by atoms with van der Waals surface area (Å²) in [6, 6.07) is 105. The van der Waals surface area contributed by atoms with Crippen molar-refractivity contribution in [1.82, 2.24) is 19.1 Å². The van der Waals surface area contributed by atoms with E-state index in [0.29, 0.717) is 0 Å². The molecule has 0 bridgehead atoms. The fourth-order valence-electron chi connectivity index (χ4n) is 11.4. The van der Waals surface area contributed by atoms with Crippen molar-refractivity contribution < 1.29 is 4.42 Å². The minimum atomic E-state index is 0.846. The van der Waals surface area contributed by atoms with Crippen LogP contribution in [-0.2, 0) is 0 Å². The molecular weight excluding hydrogens is 975 g/mol. The van der Waals surface area contributed by atoms with E-state index in [1.54, 1.807) is 0 Å². The molecule has 15 aromatic rings. The van der Waals surface area contributed by atoms with Crippen LogP contribution in [0.25, 0.3) is 123 Å². The lowest BCUT2D eigenvalue weighted by Crippen LogP contribution is -2.09. The molecule has 0 radical (unpaired) electrons. The molecule has 0 spiro atoms. The summed E-state index contributed by atoms with van der Waals surface area (Å²) in [5.41, 5.74) is 22.1. The number of rotatable bonds is 11. The Hall–Kier alpha value is -10.8. The van der Waals surface area contributed by atoms with E-state index in [2.05, 4.69) is 287 Å². The fraction of sp³-hybridized carbons (Fsp3) is 0. The van der Waals surface area contributed by atoms with Gasteiger partial charge < -0.3 is 9.32 Å². The summed E-state index contributed by atoms with van der Waals surface area (Å²) in [6.45, 7) is 0. The second-order valence-corrected chi connectivity index (χ2v) is 20.2. The van der Waals surface area contributed by atoms with Crippen molar-refractivity contribution in [2.24, 2.45) is 0 Å². The van der Waals surface area contributed by atoms with Gasteiger partial charge in [0.1, 0.15) is 22.8 Å². The quantitative estimate of drug-likeness (QED) is 0.130. The Bertz CT molecular complexity index is 4490. The van der Waals surface area contributed by atoms with Crippen molar-refractivity contribution >= 4 is 61.1 Å². The average molecular weight is 1020 g/mol. The molecule has 0 N–H and O–H groups in total. The number of furan rings is 1. The first-order valence-corrected chi connectivity index (χ1v) is 27.0. The summed E-state index contributed by atoms with van der Waals surface area (Å²) < 4.78 is 11.0. The average Bonchev–Trinajstić information content (AvgIpc) is 4.32. The highest BCUT2D eigenvalue weighted by Crippen LogP contribution is 2.41. The third-order valence-corrected chi connectivity index (χ3v) is 15.3. The number of fused-ring (bicyclic) bond motifs is 5. The number of anilines is 3. The van der Waals surface area contributed by atoms with Gasteiger partial charge in [-0.2, -0.15) is 0 Å². The highest BCUT2D eigenvalue weighted by atomic mass is 16.3. The predicted molar refractivity (Wildman–Crippen MR) is 330 cm³/mol. The molecule has 0 fully saturated rings. The van der Waals surface area contributed by atoms with Crippen molar-refractivity contribution in [2.45, 2.75) is 0 Å². The van der Waals surface area contributed by atoms with Gasteiger partial charge in [0.2, 0.25) is 0 Å². The molecule has 3 aromatic heterocycles. The van der Waals surface area contributed by atoms with Crippen LogP contribution < -0.4 is 4.90 Å². The van der Waals surface area contributed by atoms with Gasteiger partial charge in [-0.05, 0) is 148 Å². The Balaban J connectivity index is 0.766. The van der Waals surface area contributed by atoms with Gasteiger partial charge in [-0.15, -0.1) is 0 Å².